The average Bonchev–Trinajstić information content (AvgIpc) is 2.87. The minimum Gasteiger partial charge on any atom is -0.491 e. The number of nitrogens with one attached hydrogen (secondary N) is 1. The van der Waals surface area contributed by atoms with Crippen molar-refractivity contribution in [3.05, 3.63) is 36.4 Å². The molecule has 3 N–H and O–H groups in total. The van der Waals surface area contributed by atoms with Crippen LogP contribution in [0.3, 0.4) is 0 Å². The summed E-state index contributed by atoms with van der Waals surface area (Å²) in [5, 5.41) is 4.76. The van der Waals surface area contributed by atoms with Crippen LogP contribution in [0.1, 0.15) is 0 Å². The molecule has 1 aliphatic rings. The summed E-state index contributed by atoms with van der Waals surface area (Å²) in [5.74, 6) is 0.800. The van der Waals surface area contributed by atoms with Crippen LogP contribution in [0.4, 0.5) is 10.5 Å². The van der Waals surface area contributed by atoms with Gasteiger partial charge in [-0.2, -0.15) is 0 Å². The summed E-state index contributed by atoms with van der Waals surface area (Å²) in [7, 11) is 0. The van der Waals surface area contributed by atoms with Gasteiger partial charge in [0.25, 0.3) is 0 Å². The van der Waals surface area contributed by atoms with E-state index in [9.17, 15) is 4.79 Å². The number of benzene rings is 2. The van der Waals surface area contributed by atoms with E-state index >= 15 is 0 Å². The maximum Gasteiger partial charge on any atom is 0.317 e. The Bertz CT molecular complexity index is 642. The Morgan fingerprint density at radius 2 is 2.00 bits per heavy atom. The average molecular weight is 271 g/mol. The van der Waals surface area contributed by atoms with Gasteiger partial charge in [0.1, 0.15) is 12.4 Å². The molecule has 2 aromatic carbocycles. The first-order valence-electron chi connectivity index (χ1n) is 6.68. The van der Waals surface area contributed by atoms with Gasteiger partial charge in [0.05, 0.1) is 6.54 Å². The van der Waals surface area contributed by atoms with Crippen LogP contribution in [0.2, 0.25) is 0 Å². The van der Waals surface area contributed by atoms with E-state index < -0.39 is 0 Å². The zero-order valence-electron chi connectivity index (χ0n) is 11.1. The number of nitrogens with zero attached hydrogens (tertiary/aromatic N) is 1. The second-order valence-corrected chi connectivity index (χ2v) is 4.77. The molecule has 3 rings (SSSR count). The zero-order chi connectivity index (χ0) is 13.9. The summed E-state index contributed by atoms with van der Waals surface area (Å²) >= 11 is 0. The second-order valence-electron chi connectivity index (χ2n) is 4.77. The molecule has 5 nitrogen and oxygen atoms in total. The highest BCUT2D eigenvalue weighted by Gasteiger charge is 2.18. The van der Waals surface area contributed by atoms with Gasteiger partial charge in [0.15, 0.2) is 0 Å². The van der Waals surface area contributed by atoms with Crippen molar-refractivity contribution < 1.29 is 9.53 Å². The van der Waals surface area contributed by atoms with Crippen molar-refractivity contribution in [3.8, 4) is 5.75 Å². The second kappa shape index (κ2) is 5.28. The molecule has 104 valence electrons. The highest BCUT2D eigenvalue weighted by Crippen LogP contribution is 2.29. The minimum absolute atomic E-state index is 0.0178. The normalized spacial score (nSPS) is 14.6. The number of fused-ring (bicyclic) bond motifs is 1. The molecule has 1 heterocycles. The molecule has 1 fully saturated rings. The maximum atomic E-state index is 11.4. The summed E-state index contributed by atoms with van der Waals surface area (Å²) in [4.78, 5) is 13.2. The van der Waals surface area contributed by atoms with Crippen molar-refractivity contribution in [1.82, 2.24) is 10.2 Å². The van der Waals surface area contributed by atoms with Gasteiger partial charge < -0.3 is 20.7 Å². The Labute approximate surface area is 117 Å². The molecule has 2 aromatic rings. The van der Waals surface area contributed by atoms with Crippen molar-refractivity contribution in [2.24, 2.45) is 0 Å². The molecule has 0 bridgehead atoms. The van der Waals surface area contributed by atoms with Gasteiger partial charge in [0.2, 0.25) is 0 Å². The Balaban J connectivity index is 1.71. The van der Waals surface area contributed by atoms with E-state index in [4.69, 9.17) is 10.5 Å². The van der Waals surface area contributed by atoms with Gasteiger partial charge in [-0.1, -0.05) is 24.3 Å². The number of anilines is 1. The molecule has 0 aromatic heterocycles. The quantitative estimate of drug-likeness (QED) is 0.834. The Morgan fingerprint density at radius 3 is 2.75 bits per heavy atom. The van der Waals surface area contributed by atoms with Crippen LogP contribution in [0.25, 0.3) is 10.8 Å². The van der Waals surface area contributed by atoms with Crippen molar-refractivity contribution >= 4 is 22.5 Å². The van der Waals surface area contributed by atoms with E-state index in [1.807, 2.05) is 36.4 Å². The van der Waals surface area contributed by atoms with Crippen LogP contribution < -0.4 is 15.8 Å². The van der Waals surface area contributed by atoms with Crippen LogP contribution in [0.15, 0.2) is 36.4 Å². The summed E-state index contributed by atoms with van der Waals surface area (Å²) in [6.45, 7) is 2.51. The molecular weight excluding hydrogens is 254 g/mol. The number of carbonyl (C=O) groups is 1. The number of hydrogen-bond acceptors (Lipinski definition) is 3. The number of nitrogens with two attached hydrogens (primary N) is 1. The van der Waals surface area contributed by atoms with Gasteiger partial charge >= 0.3 is 6.03 Å². The van der Waals surface area contributed by atoms with E-state index in [2.05, 4.69) is 5.32 Å². The van der Waals surface area contributed by atoms with Crippen molar-refractivity contribution in [2.75, 3.05) is 32.0 Å². The van der Waals surface area contributed by atoms with Crippen molar-refractivity contribution in [3.63, 3.8) is 0 Å². The molecule has 0 unspecified atom stereocenters. The zero-order valence-corrected chi connectivity index (χ0v) is 11.1. The largest absolute Gasteiger partial charge is 0.491 e. The third kappa shape index (κ3) is 2.34. The lowest BCUT2D eigenvalue weighted by molar-refractivity contribution is 0.203. The first kappa shape index (κ1) is 12.6. The Kier molecular flexibility index (Phi) is 3.33. The summed E-state index contributed by atoms with van der Waals surface area (Å²) < 4.78 is 5.81. The fourth-order valence-corrected chi connectivity index (χ4v) is 2.41. The van der Waals surface area contributed by atoms with Crippen LogP contribution in [0, 0.1) is 0 Å². The van der Waals surface area contributed by atoms with Crippen LogP contribution in [-0.4, -0.2) is 37.2 Å². The van der Waals surface area contributed by atoms with Gasteiger partial charge in [-0.25, -0.2) is 4.79 Å². The molecule has 20 heavy (non-hydrogen) atoms. The van der Waals surface area contributed by atoms with E-state index in [1.54, 1.807) is 4.90 Å². The third-order valence-electron chi connectivity index (χ3n) is 3.48. The van der Waals surface area contributed by atoms with E-state index in [1.165, 1.54) is 0 Å². The first-order chi connectivity index (χ1) is 9.75. The van der Waals surface area contributed by atoms with Crippen molar-refractivity contribution in [1.29, 1.82) is 0 Å². The molecule has 0 saturated carbocycles. The third-order valence-corrected chi connectivity index (χ3v) is 3.48. The topological polar surface area (TPSA) is 67.6 Å². The molecule has 0 aliphatic carbocycles. The van der Waals surface area contributed by atoms with Crippen molar-refractivity contribution in [2.45, 2.75) is 0 Å². The minimum atomic E-state index is -0.0178. The predicted molar refractivity (Wildman–Crippen MR) is 78.8 cm³/mol. The summed E-state index contributed by atoms with van der Waals surface area (Å²) in [6, 6.07) is 11.6. The molecule has 5 heteroatoms. The highest BCUT2D eigenvalue weighted by atomic mass is 16.5. The lowest BCUT2D eigenvalue weighted by Gasteiger charge is -2.15. The lowest BCUT2D eigenvalue weighted by Crippen LogP contribution is -2.31. The van der Waals surface area contributed by atoms with Gasteiger partial charge in [-0.05, 0) is 12.1 Å². The summed E-state index contributed by atoms with van der Waals surface area (Å²) in [6.07, 6.45) is 0. The molecule has 1 aliphatic heterocycles. The van der Waals surface area contributed by atoms with E-state index in [0.29, 0.717) is 19.7 Å². The first-order valence-corrected chi connectivity index (χ1v) is 6.68. The summed E-state index contributed by atoms with van der Waals surface area (Å²) in [5.41, 5.74) is 6.70. The van der Waals surface area contributed by atoms with Crippen LogP contribution in [-0.2, 0) is 0 Å². The molecule has 2 amide bonds. The van der Waals surface area contributed by atoms with Gasteiger partial charge in [-0.3, -0.25) is 0 Å². The number of amides is 2. The van der Waals surface area contributed by atoms with Gasteiger partial charge in [0, 0.05) is 29.5 Å². The fourth-order valence-electron chi connectivity index (χ4n) is 2.41. The van der Waals surface area contributed by atoms with E-state index in [0.717, 1.165) is 28.8 Å². The number of carbonyl (C=O) groups excluding carboxylic acids is 1. The highest BCUT2D eigenvalue weighted by molar-refractivity contribution is 5.96. The number of nitrogen functional groups attached to an aromatic ring is 1. The SMILES string of the molecule is Nc1ccc(OCCN2CCNC2=O)c2ccccc12. The molecular formula is C15H17N3O2. The van der Waals surface area contributed by atoms with Crippen LogP contribution in [0.5, 0.6) is 5.75 Å². The monoisotopic (exact) mass is 271 g/mol. The number of hydrogen-bond donors (Lipinski definition) is 2. The van der Waals surface area contributed by atoms with Gasteiger partial charge in [-0.15, -0.1) is 0 Å². The Hall–Kier alpha value is -2.43. The number of rotatable bonds is 4. The number of urea groups is 1. The lowest BCUT2D eigenvalue weighted by atomic mass is 10.1. The molecule has 0 spiro atoms. The van der Waals surface area contributed by atoms with Crippen LogP contribution >= 0.6 is 0 Å². The smallest absolute Gasteiger partial charge is 0.317 e. The molecule has 0 radical (unpaired) electrons. The maximum absolute atomic E-state index is 11.4. The Morgan fingerprint density at radius 1 is 1.20 bits per heavy atom. The molecule has 0 atom stereocenters. The van der Waals surface area contributed by atoms with E-state index in [-0.39, 0.29) is 6.03 Å². The number of ether oxygens (including phenoxy) is 1. The molecule has 1 saturated heterocycles. The fraction of sp³-hybridized carbons (Fsp3) is 0.267. The standard InChI is InChI=1S/C15H17N3O2/c16-13-5-6-14(12-4-2-1-3-11(12)13)20-10-9-18-8-7-17-15(18)19/h1-6H,7-10,16H2,(H,17,19). The predicted octanol–water partition coefficient (Wildman–Crippen LogP) is 1.83.